The van der Waals surface area contributed by atoms with Crippen LogP contribution in [0.5, 0.6) is 0 Å². The highest BCUT2D eigenvalue weighted by atomic mass is 16.5. The van der Waals surface area contributed by atoms with Crippen LogP contribution in [0.4, 0.5) is 5.69 Å². The molecular weight excluding hydrogens is 266 g/mol. The number of allylic oxidation sites excluding steroid dienone is 1. The molecule has 0 heterocycles. The Hall–Kier alpha value is -2.62. The van der Waals surface area contributed by atoms with Gasteiger partial charge in [-0.15, -0.1) is 0 Å². The van der Waals surface area contributed by atoms with E-state index in [2.05, 4.69) is 5.32 Å². The fourth-order valence-electron chi connectivity index (χ4n) is 1.91. The van der Waals surface area contributed by atoms with Crippen molar-refractivity contribution in [2.24, 2.45) is 0 Å². The molecule has 0 fully saturated rings. The maximum atomic E-state index is 12.0. The molecule has 0 aromatic heterocycles. The second kappa shape index (κ2) is 6.70. The van der Waals surface area contributed by atoms with Gasteiger partial charge in [0.05, 0.1) is 0 Å². The Morgan fingerprint density at radius 3 is 2.57 bits per heavy atom. The lowest BCUT2D eigenvalue weighted by molar-refractivity contribution is -0.148. The highest BCUT2D eigenvalue weighted by Crippen LogP contribution is 2.19. The number of benzene rings is 2. The predicted molar refractivity (Wildman–Crippen MR) is 82.9 cm³/mol. The van der Waals surface area contributed by atoms with E-state index in [9.17, 15) is 9.59 Å². The second-order valence-corrected chi connectivity index (χ2v) is 4.63. The Kier molecular flexibility index (Phi) is 4.72. The Morgan fingerprint density at radius 1 is 1.14 bits per heavy atom. The minimum Gasteiger partial charge on any atom is -0.449 e. The van der Waals surface area contributed by atoms with Gasteiger partial charge in [0.15, 0.2) is 6.10 Å². The Balaban J connectivity index is 2.05. The van der Waals surface area contributed by atoms with Gasteiger partial charge in [-0.25, -0.2) is 4.79 Å². The van der Waals surface area contributed by atoms with Gasteiger partial charge in [0.25, 0.3) is 5.91 Å². The number of fused-ring (bicyclic) bond motifs is 1. The molecule has 4 nitrogen and oxygen atoms in total. The third kappa shape index (κ3) is 3.92. The van der Waals surface area contributed by atoms with Crippen LogP contribution >= 0.6 is 0 Å². The zero-order valence-electron chi connectivity index (χ0n) is 12.0. The highest BCUT2D eigenvalue weighted by Gasteiger charge is 2.16. The lowest BCUT2D eigenvalue weighted by atomic mass is 10.1. The van der Waals surface area contributed by atoms with E-state index in [0.717, 1.165) is 10.8 Å². The van der Waals surface area contributed by atoms with Gasteiger partial charge in [0, 0.05) is 11.8 Å². The topological polar surface area (TPSA) is 55.4 Å². The van der Waals surface area contributed by atoms with Gasteiger partial charge in [-0.2, -0.15) is 0 Å². The summed E-state index contributed by atoms with van der Waals surface area (Å²) in [6.07, 6.45) is 2.00. The zero-order chi connectivity index (χ0) is 15.2. The summed E-state index contributed by atoms with van der Waals surface area (Å²) in [7, 11) is 0. The molecule has 2 aromatic carbocycles. The molecule has 0 saturated heterocycles. The van der Waals surface area contributed by atoms with Crippen molar-refractivity contribution in [2.45, 2.75) is 20.0 Å². The van der Waals surface area contributed by atoms with Gasteiger partial charge in [0.1, 0.15) is 0 Å². The van der Waals surface area contributed by atoms with Gasteiger partial charge in [-0.1, -0.05) is 36.4 Å². The molecule has 108 valence electrons. The van der Waals surface area contributed by atoms with Crippen molar-refractivity contribution in [1.29, 1.82) is 0 Å². The third-order valence-electron chi connectivity index (χ3n) is 2.98. The van der Waals surface area contributed by atoms with Crippen LogP contribution in [-0.4, -0.2) is 18.0 Å². The van der Waals surface area contributed by atoms with Gasteiger partial charge < -0.3 is 10.1 Å². The molecule has 0 radical (unpaired) electrons. The van der Waals surface area contributed by atoms with Gasteiger partial charge in [-0.05, 0) is 36.8 Å². The van der Waals surface area contributed by atoms with Crippen LogP contribution in [0, 0.1) is 0 Å². The van der Waals surface area contributed by atoms with Crippen molar-refractivity contribution in [3.05, 3.63) is 54.6 Å². The van der Waals surface area contributed by atoms with Crippen molar-refractivity contribution in [3.8, 4) is 0 Å². The molecule has 1 amide bonds. The predicted octanol–water partition coefficient (Wildman–Crippen LogP) is 3.29. The molecule has 0 aliphatic carbocycles. The fraction of sp³-hybridized carbons (Fsp3) is 0.176. The summed E-state index contributed by atoms with van der Waals surface area (Å²) >= 11 is 0. The maximum Gasteiger partial charge on any atom is 0.331 e. The smallest absolute Gasteiger partial charge is 0.331 e. The van der Waals surface area contributed by atoms with Crippen LogP contribution in [-0.2, 0) is 14.3 Å². The number of carbonyl (C=O) groups excluding carboxylic acids is 2. The molecule has 0 saturated carbocycles. The molecule has 1 atom stereocenters. The van der Waals surface area contributed by atoms with E-state index in [-0.39, 0.29) is 5.91 Å². The molecule has 1 N–H and O–H groups in total. The van der Waals surface area contributed by atoms with Gasteiger partial charge in [0.2, 0.25) is 0 Å². The molecule has 4 heteroatoms. The first kappa shape index (κ1) is 14.8. The number of hydrogen-bond donors (Lipinski definition) is 1. The monoisotopic (exact) mass is 283 g/mol. The average Bonchev–Trinajstić information content (AvgIpc) is 2.47. The highest BCUT2D eigenvalue weighted by molar-refractivity contribution is 5.98. The number of amides is 1. The normalized spacial score (nSPS) is 12.3. The van der Waals surface area contributed by atoms with Crippen molar-refractivity contribution < 1.29 is 14.3 Å². The van der Waals surface area contributed by atoms with Gasteiger partial charge >= 0.3 is 5.97 Å². The number of anilines is 1. The fourth-order valence-corrected chi connectivity index (χ4v) is 1.91. The van der Waals surface area contributed by atoms with Gasteiger partial charge in [-0.3, -0.25) is 4.79 Å². The molecule has 2 aromatic rings. The van der Waals surface area contributed by atoms with Crippen LogP contribution in [0.2, 0.25) is 0 Å². The summed E-state index contributed by atoms with van der Waals surface area (Å²) in [5.41, 5.74) is 0.674. The van der Waals surface area contributed by atoms with Crippen molar-refractivity contribution >= 4 is 28.3 Å². The summed E-state index contributed by atoms with van der Waals surface area (Å²) in [6.45, 7) is 3.25. The molecule has 0 spiro atoms. The molecule has 0 aliphatic heterocycles. The van der Waals surface area contributed by atoms with Crippen molar-refractivity contribution in [1.82, 2.24) is 0 Å². The van der Waals surface area contributed by atoms with Crippen LogP contribution < -0.4 is 5.32 Å². The summed E-state index contributed by atoms with van der Waals surface area (Å²) < 4.78 is 4.97. The minimum atomic E-state index is -0.847. The van der Waals surface area contributed by atoms with E-state index < -0.39 is 12.1 Å². The first-order chi connectivity index (χ1) is 10.1. The Morgan fingerprint density at radius 2 is 1.86 bits per heavy atom. The summed E-state index contributed by atoms with van der Waals surface area (Å²) in [4.78, 5) is 23.3. The van der Waals surface area contributed by atoms with E-state index in [1.807, 2.05) is 42.5 Å². The van der Waals surface area contributed by atoms with Crippen LogP contribution in [0.15, 0.2) is 54.6 Å². The SMILES string of the molecule is C/C=C/C(=O)O[C@@H](C)C(=O)Nc1ccc2ccccc2c1. The van der Waals surface area contributed by atoms with E-state index in [0.29, 0.717) is 5.69 Å². The second-order valence-electron chi connectivity index (χ2n) is 4.63. The first-order valence-corrected chi connectivity index (χ1v) is 6.73. The summed E-state index contributed by atoms with van der Waals surface area (Å²) in [5.74, 6) is -0.887. The molecule has 0 aliphatic rings. The van der Waals surface area contributed by atoms with Crippen LogP contribution in [0.25, 0.3) is 10.8 Å². The number of esters is 1. The average molecular weight is 283 g/mol. The molecule has 0 unspecified atom stereocenters. The third-order valence-corrected chi connectivity index (χ3v) is 2.98. The maximum absolute atomic E-state index is 12.0. The van der Waals surface area contributed by atoms with Crippen LogP contribution in [0.1, 0.15) is 13.8 Å². The van der Waals surface area contributed by atoms with Crippen molar-refractivity contribution in [3.63, 3.8) is 0 Å². The number of carbonyl (C=O) groups is 2. The number of nitrogens with one attached hydrogen (secondary N) is 1. The van der Waals surface area contributed by atoms with E-state index in [1.54, 1.807) is 13.0 Å². The zero-order valence-corrected chi connectivity index (χ0v) is 12.0. The quantitative estimate of drug-likeness (QED) is 0.692. The minimum absolute atomic E-state index is 0.358. The molecule has 2 rings (SSSR count). The molecule has 0 bridgehead atoms. The van der Waals surface area contributed by atoms with E-state index in [4.69, 9.17) is 4.74 Å². The Bertz CT molecular complexity index is 691. The van der Waals surface area contributed by atoms with Crippen molar-refractivity contribution in [2.75, 3.05) is 5.32 Å². The van der Waals surface area contributed by atoms with Crippen LogP contribution in [0.3, 0.4) is 0 Å². The molecule has 21 heavy (non-hydrogen) atoms. The number of rotatable bonds is 4. The number of hydrogen-bond acceptors (Lipinski definition) is 3. The summed E-state index contributed by atoms with van der Waals surface area (Å²) in [6, 6.07) is 13.5. The first-order valence-electron chi connectivity index (χ1n) is 6.73. The Labute approximate surface area is 123 Å². The summed E-state index contributed by atoms with van der Waals surface area (Å²) in [5, 5.41) is 4.88. The largest absolute Gasteiger partial charge is 0.449 e. The lowest BCUT2D eigenvalue weighted by Crippen LogP contribution is -2.29. The molecular formula is C17H17NO3. The standard InChI is InChI=1S/C17H17NO3/c1-3-6-16(19)21-12(2)17(20)18-15-10-9-13-7-4-5-8-14(13)11-15/h3-12H,1-2H3,(H,18,20)/b6-3+/t12-/m0/s1. The van der Waals surface area contributed by atoms with E-state index in [1.165, 1.54) is 13.0 Å². The van der Waals surface area contributed by atoms with E-state index >= 15 is 0 Å². The number of ether oxygens (including phenoxy) is 1. The lowest BCUT2D eigenvalue weighted by Gasteiger charge is -2.12.